The molecule has 0 aromatic heterocycles. The molecule has 8 nitrogen and oxygen atoms in total. The zero-order chi connectivity index (χ0) is 25.8. The number of non-ortho nitro benzene ring substituents is 1. The number of nitro groups is 1. The Hall–Kier alpha value is -4.11. The third-order valence-electron chi connectivity index (χ3n) is 6.27. The van der Waals surface area contributed by atoms with Gasteiger partial charge in [0.25, 0.3) is 11.6 Å². The summed E-state index contributed by atoms with van der Waals surface area (Å²) >= 11 is 1.40. The van der Waals surface area contributed by atoms with Gasteiger partial charge in [-0.05, 0) is 66.2 Å². The van der Waals surface area contributed by atoms with Crippen LogP contribution in [0.1, 0.15) is 16.7 Å². The van der Waals surface area contributed by atoms with E-state index in [1.807, 2.05) is 30.3 Å². The molecule has 0 atom stereocenters. The van der Waals surface area contributed by atoms with Crippen molar-refractivity contribution in [2.24, 2.45) is 4.99 Å². The predicted octanol–water partition coefficient (Wildman–Crippen LogP) is 5.27. The Morgan fingerprint density at radius 1 is 1.00 bits per heavy atom. The van der Waals surface area contributed by atoms with Gasteiger partial charge in [-0.25, -0.2) is 0 Å². The van der Waals surface area contributed by atoms with Crippen molar-refractivity contribution in [2.75, 3.05) is 31.1 Å². The highest BCUT2D eigenvalue weighted by atomic mass is 32.2. The molecule has 2 heterocycles. The lowest BCUT2D eigenvalue weighted by Crippen LogP contribution is -2.47. The number of aryl methyl sites for hydroxylation is 1. The Morgan fingerprint density at radius 3 is 2.46 bits per heavy atom. The average molecular weight is 515 g/mol. The van der Waals surface area contributed by atoms with Crippen molar-refractivity contribution in [2.45, 2.75) is 13.5 Å². The van der Waals surface area contributed by atoms with Crippen molar-refractivity contribution < 1.29 is 14.5 Å². The van der Waals surface area contributed by atoms with Crippen LogP contribution in [0.25, 0.3) is 6.08 Å². The first-order valence-electron chi connectivity index (χ1n) is 12.0. The number of nitrogens with zero attached hydrogens (tertiary/aromatic N) is 4. The third-order valence-corrected chi connectivity index (χ3v) is 7.32. The van der Waals surface area contributed by atoms with Crippen LogP contribution in [0.2, 0.25) is 0 Å². The quantitative estimate of drug-likeness (QED) is 0.251. The molecule has 5 rings (SSSR count). The minimum absolute atomic E-state index is 0.0398. The standard InChI is InChI=1S/C28H26N4O4S/c1-20-5-4-7-24(17-20)30-13-15-31(16-14-30)28-29-27(33)26(37-28)18-22-6-2-3-8-25(22)36-19-21-9-11-23(12-10-21)32(34)35/h2-12,17-18H,13-16,19H2,1H3. The van der Waals surface area contributed by atoms with Crippen molar-refractivity contribution >= 4 is 40.3 Å². The van der Waals surface area contributed by atoms with E-state index in [9.17, 15) is 14.9 Å². The van der Waals surface area contributed by atoms with Gasteiger partial charge < -0.3 is 14.5 Å². The molecule has 0 spiro atoms. The van der Waals surface area contributed by atoms with Gasteiger partial charge in [-0.1, -0.05) is 30.3 Å². The Morgan fingerprint density at radius 2 is 1.73 bits per heavy atom. The second kappa shape index (κ2) is 10.9. The van der Waals surface area contributed by atoms with Crippen LogP contribution in [0.3, 0.4) is 0 Å². The van der Waals surface area contributed by atoms with E-state index in [-0.39, 0.29) is 18.2 Å². The van der Waals surface area contributed by atoms with E-state index in [1.165, 1.54) is 35.1 Å². The molecular weight excluding hydrogens is 488 g/mol. The molecule has 0 saturated carbocycles. The summed E-state index contributed by atoms with van der Waals surface area (Å²) in [7, 11) is 0. The van der Waals surface area contributed by atoms with Crippen molar-refractivity contribution in [1.29, 1.82) is 0 Å². The molecule has 1 fully saturated rings. The van der Waals surface area contributed by atoms with E-state index in [2.05, 4.69) is 46.0 Å². The lowest BCUT2D eigenvalue weighted by Gasteiger charge is -2.36. The van der Waals surface area contributed by atoms with Gasteiger partial charge in [0.1, 0.15) is 12.4 Å². The minimum Gasteiger partial charge on any atom is -0.488 e. The van der Waals surface area contributed by atoms with Gasteiger partial charge in [0.05, 0.1) is 9.83 Å². The number of piperazine rings is 1. The van der Waals surface area contributed by atoms with Gasteiger partial charge >= 0.3 is 0 Å². The van der Waals surface area contributed by atoms with Crippen LogP contribution < -0.4 is 9.64 Å². The van der Waals surface area contributed by atoms with E-state index in [0.717, 1.165) is 42.5 Å². The Labute approximate surface area is 219 Å². The van der Waals surface area contributed by atoms with Gasteiger partial charge in [0, 0.05) is 49.6 Å². The molecule has 0 unspecified atom stereocenters. The normalized spacial score (nSPS) is 16.7. The number of ether oxygens (including phenoxy) is 1. The first-order valence-corrected chi connectivity index (χ1v) is 12.8. The maximum absolute atomic E-state index is 12.7. The Bertz CT molecular complexity index is 1380. The fourth-order valence-electron chi connectivity index (χ4n) is 4.26. The summed E-state index contributed by atoms with van der Waals surface area (Å²) in [5, 5.41) is 11.6. The van der Waals surface area contributed by atoms with Gasteiger partial charge in [-0.3, -0.25) is 14.9 Å². The third kappa shape index (κ3) is 5.83. The van der Waals surface area contributed by atoms with Crippen LogP contribution in [-0.2, 0) is 11.4 Å². The van der Waals surface area contributed by atoms with Gasteiger partial charge in [0.15, 0.2) is 5.17 Å². The van der Waals surface area contributed by atoms with Gasteiger partial charge in [0.2, 0.25) is 0 Å². The number of thioether (sulfide) groups is 1. The van der Waals surface area contributed by atoms with Crippen LogP contribution in [-0.4, -0.2) is 47.1 Å². The summed E-state index contributed by atoms with van der Waals surface area (Å²) in [5.74, 6) is 0.383. The van der Waals surface area contributed by atoms with Gasteiger partial charge in [-0.2, -0.15) is 4.99 Å². The number of rotatable bonds is 6. The summed E-state index contributed by atoms with van der Waals surface area (Å²) in [4.78, 5) is 32.6. The van der Waals surface area contributed by atoms with E-state index in [0.29, 0.717) is 10.7 Å². The maximum Gasteiger partial charge on any atom is 0.286 e. The second-order valence-electron chi connectivity index (χ2n) is 8.87. The number of benzene rings is 3. The first-order chi connectivity index (χ1) is 18.0. The smallest absolute Gasteiger partial charge is 0.286 e. The zero-order valence-corrected chi connectivity index (χ0v) is 21.2. The Balaban J connectivity index is 1.22. The second-order valence-corrected chi connectivity index (χ2v) is 9.88. The molecule has 0 aliphatic carbocycles. The number of aliphatic imine (C=N–C) groups is 1. The zero-order valence-electron chi connectivity index (χ0n) is 20.4. The average Bonchev–Trinajstić information content (AvgIpc) is 3.28. The highest BCUT2D eigenvalue weighted by Crippen LogP contribution is 2.33. The molecule has 188 valence electrons. The number of amides is 1. The van der Waals surface area contributed by atoms with E-state index >= 15 is 0 Å². The van der Waals surface area contributed by atoms with Crippen molar-refractivity contribution in [1.82, 2.24) is 4.90 Å². The summed E-state index contributed by atoms with van der Waals surface area (Å²) in [5.41, 5.74) is 4.10. The van der Waals surface area contributed by atoms with Crippen LogP contribution in [0, 0.1) is 17.0 Å². The van der Waals surface area contributed by atoms with Crippen LogP contribution >= 0.6 is 11.8 Å². The molecule has 2 aliphatic rings. The molecule has 37 heavy (non-hydrogen) atoms. The lowest BCUT2D eigenvalue weighted by atomic mass is 10.1. The van der Waals surface area contributed by atoms with Crippen molar-refractivity contribution in [3.8, 4) is 5.75 Å². The first kappa shape index (κ1) is 24.6. The summed E-state index contributed by atoms with van der Waals surface area (Å²) < 4.78 is 5.99. The number of carbonyl (C=O) groups is 1. The summed E-state index contributed by atoms with van der Waals surface area (Å²) in [6.45, 7) is 5.70. The van der Waals surface area contributed by atoms with Crippen molar-refractivity contribution in [3.63, 3.8) is 0 Å². The number of amidine groups is 1. The molecule has 2 aliphatic heterocycles. The molecule has 1 saturated heterocycles. The molecule has 0 bridgehead atoms. The van der Waals surface area contributed by atoms with Crippen molar-refractivity contribution in [3.05, 3.63) is 105 Å². The van der Waals surface area contributed by atoms with Crippen LogP contribution in [0.4, 0.5) is 11.4 Å². The monoisotopic (exact) mass is 514 g/mol. The Kier molecular flexibility index (Phi) is 7.23. The SMILES string of the molecule is Cc1cccc(N2CCN(C3=NC(=O)C(=Cc4ccccc4OCc4ccc([N+](=O)[O-])cc4)S3)CC2)c1. The van der Waals surface area contributed by atoms with Crippen LogP contribution in [0.5, 0.6) is 5.75 Å². The molecule has 0 radical (unpaired) electrons. The molecule has 3 aromatic rings. The van der Waals surface area contributed by atoms with Gasteiger partial charge in [-0.15, -0.1) is 0 Å². The topological polar surface area (TPSA) is 88.3 Å². The molecular formula is C28H26N4O4S. The highest BCUT2D eigenvalue weighted by Gasteiger charge is 2.28. The van der Waals surface area contributed by atoms with E-state index < -0.39 is 4.92 Å². The lowest BCUT2D eigenvalue weighted by molar-refractivity contribution is -0.384. The van der Waals surface area contributed by atoms with E-state index in [1.54, 1.807) is 12.1 Å². The molecule has 0 N–H and O–H groups in total. The highest BCUT2D eigenvalue weighted by molar-refractivity contribution is 8.18. The number of hydrogen-bond donors (Lipinski definition) is 0. The number of para-hydroxylation sites is 1. The fourth-order valence-corrected chi connectivity index (χ4v) is 5.22. The number of nitro benzene ring substituents is 1. The summed E-state index contributed by atoms with van der Waals surface area (Å²) in [6.07, 6.45) is 1.82. The predicted molar refractivity (Wildman–Crippen MR) is 147 cm³/mol. The molecule has 1 amide bonds. The van der Waals surface area contributed by atoms with Crippen LogP contribution in [0.15, 0.2) is 82.7 Å². The van der Waals surface area contributed by atoms with E-state index in [4.69, 9.17) is 4.74 Å². The molecule has 9 heteroatoms. The maximum atomic E-state index is 12.7. The molecule has 3 aromatic carbocycles. The largest absolute Gasteiger partial charge is 0.488 e. The number of anilines is 1. The fraction of sp³-hybridized carbons (Fsp3) is 0.214. The number of hydrogen-bond acceptors (Lipinski definition) is 7. The summed E-state index contributed by atoms with van der Waals surface area (Å²) in [6, 6.07) is 22.3. The minimum atomic E-state index is -0.428. The number of carbonyl (C=O) groups excluding carboxylic acids is 1.